The molecule has 0 aliphatic heterocycles. The summed E-state index contributed by atoms with van der Waals surface area (Å²) >= 11 is 1.44. The van der Waals surface area contributed by atoms with Crippen LogP contribution in [-0.4, -0.2) is 20.7 Å². The van der Waals surface area contributed by atoms with Gasteiger partial charge in [0.05, 0.1) is 23.1 Å². The Bertz CT molecular complexity index is 1060. The molecule has 0 unspecified atom stereocenters. The summed E-state index contributed by atoms with van der Waals surface area (Å²) in [6, 6.07) is 17.3. The number of para-hydroxylation sites is 1. The molecule has 1 amide bonds. The van der Waals surface area contributed by atoms with Crippen molar-refractivity contribution in [3.8, 4) is 16.6 Å². The maximum atomic E-state index is 12.6. The molecule has 0 bridgehead atoms. The number of ether oxygens (including phenoxy) is 1. The van der Waals surface area contributed by atoms with Gasteiger partial charge in [-0.1, -0.05) is 41.7 Å². The first kappa shape index (κ1) is 17.9. The number of thiazole rings is 1. The third kappa shape index (κ3) is 3.94. The number of nitrogens with zero attached hydrogens (tertiary/aromatic N) is 3. The van der Waals surface area contributed by atoms with Crippen LogP contribution in [0.5, 0.6) is 10.9 Å². The Kier molecular flexibility index (Phi) is 5.16. The van der Waals surface area contributed by atoms with Crippen LogP contribution in [0.15, 0.2) is 72.4 Å². The SMILES string of the molecule is Cc1c(C(=O)NCc2ccc(Oc3nccs3)cc2)cnn1-c1ccccc1. The molecule has 0 fully saturated rings. The van der Waals surface area contributed by atoms with Crippen molar-refractivity contribution >= 4 is 17.2 Å². The Morgan fingerprint density at radius 1 is 1.14 bits per heavy atom. The van der Waals surface area contributed by atoms with Crippen molar-refractivity contribution in [2.24, 2.45) is 0 Å². The molecule has 0 aliphatic carbocycles. The van der Waals surface area contributed by atoms with Gasteiger partial charge in [0.25, 0.3) is 11.1 Å². The number of benzene rings is 2. The molecule has 140 valence electrons. The summed E-state index contributed by atoms with van der Waals surface area (Å²) in [5.74, 6) is 0.563. The Morgan fingerprint density at radius 2 is 1.93 bits per heavy atom. The van der Waals surface area contributed by atoms with Gasteiger partial charge in [-0.3, -0.25) is 4.79 Å². The molecular formula is C21H18N4O2S. The highest BCUT2D eigenvalue weighted by Gasteiger charge is 2.14. The molecule has 2 aromatic carbocycles. The van der Waals surface area contributed by atoms with E-state index in [0.717, 1.165) is 16.9 Å². The zero-order valence-corrected chi connectivity index (χ0v) is 16.0. The fourth-order valence-corrected chi connectivity index (χ4v) is 3.28. The second kappa shape index (κ2) is 8.06. The standard InChI is InChI=1S/C21H18N4O2S/c1-15-19(14-24-25(15)17-5-3-2-4-6-17)20(26)23-13-16-7-9-18(10-8-16)27-21-22-11-12-28-21/h2-12,14H,13H2,1H3,(H,23,26). The van der Waals surface area contributed by atoms with Crippen LogP contribution in [0.4, 0.5) is 0 Å². The molecule has 0 saturated heterocycles. The number of carbonyl (C=O) groups is 1. The summed E-state index contributed by atoms with van der Waals surface area (Å²) in [5.41, 5.74) is 3.27. The number of amides is 1. The largest absolute Gasteiger partial charge is 0.431 e. The summed E-state index contributed by atoms with van der Waals surface area (Å²) in [6.45, 7) is 2.31. The second-order valence-corrected chi connectivity index (χ2v) is 6.97. The normalized spacial score (nSPS) is 10.6. The zero-order valence-electron chi connectivity index (χ0n) is 15.2. The number of hydrogen-bond donors (Lipinski definition) is 1. The first-order valence-corrected chi connectivity index (χ1v) is 9.63. The van der Waals surface area contributed by atoms with Crippen LogP contribution < -0.4 is 10.1 Å². The van der Waals surface area contributed by atoms with Gasteiger partial charge in [0, 0.05) is 18.1 Å². The van der Waals surface area contributed by atoms with Gasteiger partial charge < -0.3 is 10.1 Å². The van der Waals surface area contributed by atoms with Gasteiger partial charge in [0.15, 0.2) is 0 Å². The molecule has 4 aromatic rings. The van der Waals surface area contributed by atoms with Gasteiger partial charge in [-0.05, 0) is 36.8 Å². The van der Waals surface area contributed by atoms with E-state index in [0.29, 0.717) is 23.1 Å². The highest BCUT2D eigenvalue weighted by Crippen LogP contribution is 2.23. The summed E-state index contributed by atoms with van der Waals surface area (Å²) in [7, 11) is 0. The summed E-state index contributed by atoms with van der Waals surface area (Å²) in [4.78, 5) is 16.7. The lowest BCUT2D eigenvalue weighted by Crippen LogP contribution is -2.23. The van der Waals surface area contributed by atoms with Crippen molar-refractivity contribution in [3.05, 3.63) is 89.2 Å². The molecule has 0 aliphatic rings. The van der Waals surface area contributed by atoms with Crippen LogP contribution in [0.3, 0.4) is 0 Å². The van der Waals surface area contributed by atoms with Gasteiger partial charge >= 0.3 is 0 Å². The van der Waals surface area contributed by atoms with Crippen molar-refractivity contribution in [1.82, 2.24) is 20.1 Å². The van der Waals surface area contributed by atoms with Crippen LogP contribution in [-0.2, 0) is 6.54 Å². The maximum absolute atomic E-state index is 12.6. The molecule has 0 saturated carbocycles. The topological polar surface area (TPSA) is 69.0 Å². The first-order chi connectivity index (χ1) is 13.7. The Labute approximate surface area is 166 Å². The van der Waals surface area contributed by atoms with Crippen molar-refractivity contribution in [1.29, 1.82) is 0 Å². The lowest BCUT2D eigenvalue weighted by atomic mass is 10.2. The molecule has 1 N–H and O–H groups in total. The van der Waals surface area contributed by atoms with Gasteiger partial charge in [-0.2, -0.15) is 5.10 Å². The fourth-order valence-electron chi connectivity index (χ4n) is 2.78. The van der Waals surface area contributed by atoms with E-state index in [9.17, 15) is 4.79 Å². The number of hydrogen-bond acceptors (Lipinski definition) is 5. The van der Waals surface area contributed by atoms with Crippen LogP contribution in [0, 0.1) is 6.92 Å². The van der Waals surface area contributed by atoms with Gasteiger partial charge in [0.1, 0.15) is 5.75 Å². The average Bonchev–Trinajstić information content (AvgIpc) is 3.37. The van der Waals surface area contributed by atoms with E-state index in [-0.39, 0.29) is 5.91 Å². The maximum Gasteiger partial charge on any atom is 0.278 e. The third-order valence-corrected chi connectivity index (χ3v) is 4.89. The van der Waals surface area contributed by atoms with Crippen LogP contribution in [0.2, 0.25) is 0 Å². The second-order valence-electron chi connectivity index (χ2n) is 6.12. The predicted molar refractivity (Wildman–Crippen MR) is 108 cm³/mol. The van der Waals surface area contributed by atoms with Crippen molar-refractivity contribution < 1.29 is 9.53 Å². The minimum Gasteiger partial charge on any atom is -0.431 e. The zero-order chi connectivity index (χ0) is 19.3. The lowest BCUT2D eigenvalue weighted by molar-refractivity contribution is 0.0950. The molecular weight excluding hydrogens is 372 g/mol. The van der Waals surface area contributed by atoms with Crippen molar-refractivity contribution in [2.75, 3.05) is 0 Å². The smallest absolute Gasteiger partial charge is 0.278 e. The predicted octanol–water partition coefficient (Wildman–Crippen LogP) is 4.36. The van der Waals surface area contributed by atoms with Gasteiger partial charge in [-0.25, -0.2) is 9.67 Å². The molecule has 2 aromatic heterocycles. The summed E-state index contributed by atoms with van der Waals surface area (Å²) in [5, 5.41) is 9.75. The molecule has 28 heavy (non-hydrogen) atoms. The van der Waals surface area contributed by atoms with Gasteiger partial charge in [0.2, 0.25) is 0 Å². The van der Waals surface area contributed by atoms with Gasteiger partial charge in [-0.15, -0.1) is 0 Å². The number of rotatable bonds is 6. The van der Waals surface area contributed by atoms with Crippen LogP contribution in [0.25, 0.3) is 5.69 Å². The Hall–Kier alpha value is -3.45. The highest BCUT2D eigenvalue weighted by atomic mass is 32.1. The first-order valence-electron chi connectivity index (χ1n) is 8.75. The summed E-state index contributed by atoms with van der Waals surface area (Å²) < 4.78 is 7.40. The highest BCUT2D eigenvalue weighted by molar-refractivity contribution is 7.11. The van der Waals surface area contributed by atoms with E-state index in [1.807, 2.05) is 66.9 Å². The Balaban J connectivity index is 1.39. The van der Waals surface area contributed by atoms with Crippen molar-refractivity contribution in [3.63, 3.8) is 0 Å². The minimum absolute atomic E-state index is 0.150. The quantitative estimate of drug-likeness (QED) is 0.531. The molecule has 7 heteroatoms. The van der Waals surface area contributed by atoms with E-state index in [1.54, 1.807) is 17.1 Å². The average molecular weight is 390 g/mol. The van der Waals surface area contributed by atoms with E-state index in [4.69, 9.17) is 4.74 Å². The number of nitrogens with one attached hydrogen (secondary N) is 1. The molecule has 4 rings (SSSR count). The molecule has 0 radical (unpaired) electrons. The van der Waals surface area contributed by atoms with Crippen molar-refractivity contribution in [2.45, 2.75) is 13.5 Å². The van der Waals surface area contributed by atoms with E-state index in [1.165, 1.54) is 11.3 Å². The molecule has 2 heterocycles. The number of aromatic nitrogens is 3. The van der Waals surface area contributed by atoms with E-state index < -0.39 is 0 Å². The van der Waals surface area contributed by atoms with E-state index >= 15 is 0 Å². The molecule has 6 nitrogen and oxygen atoms in total. The summed E-state index contributed by atoms with van der Waals surface area (Å²) in [6.07, 6.45) is 3.30. The lowest BCUT2D eigenvalue weighted by Gasteiger charge is -2.07. The molecule has 0 atom stereocenters. The number of carbonyl (C=O) groups excluding carboxylic acids is 1. The van der Waals surface area contributed by atoms with Crippen LogP contribution >= 0.6 is 11.3 Å². The Morgan fingerprint density at radius 3 is 2.64 bits per heavy atom. The van der Waals surface area contributed by atoms with Crippen LogP contribution in [0.1, 0.15) is 21.6 Å². The monoisotopic (exact) mass is 390 g/mol. The molecule has 0 spiro atoms. The minimum atomic E-state index is -0.150. The van der Waals surface area contributed by atoms with E-state index in [2.05, 4.69) is 15.4 Å². The fraction of sp³-hybridized carbons (Fsp3) is 0.0952. The third-order valence-electron chi connectivity index (χ3n) is 4.25.